The quantitative estimate of drug-likeness (QED) is 0.839. The zero-order valence-electron chi connectivity index (χ0n) is 11.3. The minimum absolute atomic E-state index is 0.885. The van der Waals surface area contributed by atoms with Crippen LogP contribution in [-0.4, -0.2) is 5.11 Å². The van der Waals surface area contributed by atoms with Crippen molar-refractivity contribution in [3.8, 4) is 0 Å². The van der Waals surface area contributed by atoms with Crippen molar-refractivity contribution in [3.63, 3.8) is 0 Å². The molecule has 1 aromatic rings. The van der Waals surface area contributed by atoms with Gasteiger partial charge in [0.25, 0.3) is 0 Å². The summed E-state index contributed by atoms with van der Waals surface area (Å²) in [5, 5.41) is 10.5. The molecule has 0 aliphatic heterocycles. The van der Waals surface area contributed by atoms with Gasteiger partial charge in [0.05, 0.1) is 0 Å². The van der Waals surface area contributed by atoms with E-state index in [1.165, 1.54) is 30.4 Å². The monoisotopic (exact) mass is 242 g/mol. The van der Waals surface area contributed by atoms with Crippen molar-refractivity contribution >= 4 is 0 Å². The summed E-state index contributed by atoms with van der Waals surface area (Å²) in [6, 6.07) is 8.06. The second-order valence-corrected chi connectivity index (χ2v) is 5.38. The van der Waals surface area contributed by atoms with E-state index in [-0.39, 0.29) is 0 Å². The Morgan fingerprint density at radius 2 is 2.11 bits per heavy atom. The molecule has 0 amide bonds. The Morgan fingerprint density at radius 3 is 2.78 bits per heavy atom. The van der Waals surface area contributed by atoms with E-state index in [1.807, 2.05) is 44.2 Å². The summed E-state index contributed by atoms with van der Waals surface area (Å²) in [6.45, 7) is 3.90. The van der Waals surface area contributed by atoms with Gasteiger partial charge in [0.2, 0.25) is 0 Å². The lowest BCUT2D eigenvalue weighted by molar-refractivity contribution is 0.111. The first-order valence-electron chi connectivity index (χ1n) is 6.76. The first kappa shape index (κ1) is 13.1. The van der Waals surface area contributed by atoms with Crippen LogP contribution in [0.15, 0.2) is 48.1 Å². The highest BCUT2D eigenvalue weighted by atomic mass is 16.3. The predicted octanol–water partition coefficient (Wildman–Crippen LogP) is 4.26. The Bertz CT molecular complexity index is 466. The highest BCUT2D eigenvalue weighted by molar-refractivity contribution is 5.32. The molecule has 0 spiro atoms. The fourth-order valence-electron chi connectivity index (χ4n) is 2.34. The summed E-state index contributed by atoms with van der Waals surface area (Å²) >= 11 is 0. The van der Waals surface area contributed by atoms with E-state index in [0.29, 0.717) is 0 Å². The summed E-state index contributed by atoms with van der Waals surface area (Å²) in [4.78, 5) is 0. The van der Waals surface area contributed by atoms with Crippen LogP contribution in [-0.2, 0) is 5.60 Å². The van der Waals surface area contributed by atoms with Gasteiger partial charge in [-0.3, -0.25) is 0 Å². The lowest BCUT2D eigenvalue weighted by Gasteiger charge is -2.20. The molecule has 2 rings (SSSR count). The number of rotatable bonds is 3. The molecular formula is C17H22O. The topological polar surface area (TPSA) is 20.2 Å². The summed E-state index contributed by atoms with van der Waals surface area (Å²) in [5.74, 6) is 0. The third-order valence-electron chi connectivity index (χ3n) is 3.55. The first-order valence-corrected chi connectivity index (χ1v) is 6.76. The molecule has 0 fully saturated rings. The minimum atomic E-state index is -0.885. The maximum absolute atomic E-state index is 10.5. The number of allylic oxidation sites excluding steroid dienone is 3. The number of benzene rings is 1. The van der Waals surface area contributed by atoms with E-state index in [2.05, 4.69) is 12.2 Å². The lowest BCUT2D eigenvalue weighted by atomic mass is 9.92. The van der Waals surface area contributed by atoms with E-state index in [1.54, 1.807) is 0 Å². The maximum atomic E-state index is 10.5. The van der Waals surface area contributed by atoms with Crippen LogP contribution < -0.4 is 0 Å². The molecule has 1 heteroatoms. The van der Waals surface area contributed by atoms with Gasteiger partial charge < -0.3 is 5.11 Å². The Kier molecular flexibility index (Phi) is 4.03. The smallest absolute Gasteiger partial charge is 0.105 e. The van der Waals surface area contributed by atoms with Gasteiger partial charge in [-0.25, -0.2) is 0 Å². The molecule has 0 bridgehead atoms. The highest BCUT2D eigenvalue weighted by Gasteiger charge is 2.19. The van der Waals surface area contributed by atoms with E-state index in [4.69, 9.17) is 0 Å². The van der Waals surface area contributed by atoms with Crippen LogP contribution in [0.4, 0.5) is 0 Å². The SMILES string of the molecule is Cc1cccc(C(C)(O)/C=C/C2=CCCCC2)c1. The van der Waals surface area contributed by atoms with Gasteiger partial charge in [0, 0.05) is 0 Å². The maximum Gasteiger partial charge on any atom is 0.105 e. The fraction of sp³-hybridized carbons (Fsp3) is 0.412. The molecule has 1 aromatic carbocycles. The van der Waals surface area contributed by atoms with Crippen LogP contribution in [0.2, 0.25) is 0 Å². The van der Waals surface area contributed by atoms with Crippen LogP contribution in [0.5, 0.6) is 0 Å². The Labute approximate surface area is 110 Å². The third kappa shape index (κ3) is 3.33. The summed E-state index contributed by atoms with van der Waals surface area (Å²) in [5.41, 5.74) is 2.60. The second kappa shape index (κ2) is 5.53. The molecule has 0 saturated heterocycles. The van der Waals surface area contributed by atoms with Crippen molar-refractivity contribution in [3.05, 3.63) is 59.2 Å². The first-order chi connectivity index (χ1) is 8.58. The molecule has 1 aliphatic rings. The molecule has 1 nitrogen and oxygen atoms in total. The molecule has 0 aromatic heterocycles. The Hall–Kier alpha value is -1.34. The second-order valence-electron chi connectivity index (χ2n) is 5.38. The van der Waals surface area contributed by atoms with Crippen molar-refractivity contribution in [2.45, 2.75) is 45.1 Å². The Morgan fingerprint density at radius 1 is 1.28 bits per heavy atom. The lowest BCUT2D eigenvalue weighted by Crippen LogP contribution is -2.17. The van der Waals surface area contributed by atoms with Gasteiger partial charge in [0.1, 0.15) is 5.60 Å². The van der Waals surface area contributed by atoms with Crippen molar-refractivity contribution in [2.24, 2.45) is 0 Å². The normalized spacial score (nSPS) is 19.6. The minimum Gasteiger partial charge on any atom is -0.381 e. The van der Waals surface area contributed by atoms with Crippen molar-refractivity contribution < 1.29 is 5.11 Å². The van der Waals surface area contributed by atoms with Gasteiger partial charge in [-0.2, -0.15) is 0 Å². The van der Waals surface area contributed by atoms with Gasteiger partial charge in [-0.15, -0.1) is 0 Å². The summed E-state index contributed by atoms with van der Waals surface area (Å²) in [6.07, 6.45) is 11.2. The molecule has 0 heterocycles. The number of hydrogen-bond donors (Lipinski definition) is 1. The molecule has 0 saturated carbocycles. The number of hydrogen-bond acceptors (Lipinski definition) is 1. The van der Waals surface area contributed by atoms with E-state index >= 15 is 0 Å². The largest absolute Gasteiger partial charge is 0.381 e. The number of aryl methyl sites for hydroxylation is 1. The molecule has 18 heavy (non-hydrogen) atoms. The van der Waals surface area contributed by atoms with Crippen molar-refractivity contribution in [1.29, 1.82) is 0 Å². The zero-order chi connectivity index (χ0) is 13.0. The molecule has 1 aliphatic carbocycles. The fourth-order valence-corrected chi connectivity index (χ4v) is 2.34. The molecule has 1 N–H and O–H groups in total. The average Bonchev–Trinajstić information content (AvgIpc) is 2.38. The molecule has 0 radical (unpaired) electrons. The van der Waals surface area contributed by atoms with Crippen LogP contribution in [0.25, 0.3) is 0 Å². The standard InChI is InChI=1S/C17H22O/c1-14-7-6-10-16(13-14)17(2,18)12-11-15-8-4-3-5-9-15/h6-8,10-13,18H,3-5,9H2,1-2H3/b12-11+. The average molecular weight is 242 g/mol. The van der Waals surface area contributed by atoms with Gasteiger partial charge in [-0.1, -0.05) is 47.6 Å². The van der Waals surface area contributed by atoms with Gasteiger partial charge >= 0.3 is 0 Å². The third-order valence-corrected chi connectivity index (χ3v) is 3.55. The van der Waals surface area contributed by atoms with Crippen LogP contribution in [0.1, 0.15) is 43.7 Å². The van der Waals surface area contributed by atoms with Gasteiger partial charge in [0.15, 0.2) is 0 Å². The van der Waals surface area contributed by atoms with E-state index in [9.17, 15) is 5.11 Å². The number of aliphatic hydroxyl groups is 1. The zero-order valence-corrected chi connectivity index (χ0v) is 11.3. The molecule has 1 unspecified atom stereocenters. The van der Waals surface area contributed by atoms with E-state index in [0.717, 1.165) is 12.0 Å². The predicted molar refractivity (Wildman–Crippen MR) is 76.4 cm³/mol. The summed E-state index contributed by atoms with van der Waals surface area (Å²) in [7, 11) is 0. The highest BCUT2D eigenvalue weighted by Crippen LogP contribution is 2.25. The Balaban J connectivity index is 2.15. The molecular weight excluding hydrogens is 220 g/mol. The molecule has 1 atom stereocenters. The van der Waals surface area contributed by atoms with Gasteiger partial charge in [-0.05, 0) is 51.2 Å². The van der Waals surface area contributed by atoms with Crippen LogP contribution >= 0.6 is 0 Å². The molecule has 96 valence electrons. The van der Waals surface area contributed by atoms with Crippen molar-refractivity contribution in [2.75, 3.05) is 0 Å². The van der Waals surface area contributed by atoms with Crippen molar-refractivity contribution in [1.82, 2.24) is 0 Å². The van der Waals surface area contributed by atoms with Crippen LogP contribution in [0, 0.1) is 6.92 Å². The summed E-state index contributed by atoms with van der Waals surface area (Å²) < 4.78 is 0. The van der Waals surface area contributed by atoms with Crippen LogP contribution in [0.3, 0.4) is 0 Å². The van der Waals surface area contributed by atoms with E-state index < -0.39 is 5.60 Å².